The van der Waals surface area contributed by atoms with Gasteiger partial charge in [-0.15, -0.1) is 0 Å². The molecule has 1 saturated carbocycles. The Kier molecular flexibility index (Phi) is 10.3. The summed E-state index contributed by atoms with van der Waals surface area (Å²) in [6, 6.07) is 8.78. The topological polar surface area (TPSA) is 105 Å². The molecule has 1 aromatic rings. The highest BCUT2D eigenvalue weighted by Gasteiger charge is 2.43. The van der Waals surface area contributed by atoms with Gasteiger partial charge in [-0.1, -0.05) is 64.1 Å². The summed E-state index contributed by atoms with van der Waals surface area (Å²) in [4.78, 5) is 49.7. The molecule has 0 radical (unpaired) electrons. The van der Waals surface area contributed by atoms with E-state index in [2.05, 4.69) is 0 Å². The molecule has 0 saturated heterocycles. The molecule has 1 fully saturated rings. The first kappa shape index (κ1) is 31.8. The number of hydrogen-bond acceptors (Lipinski definition) is 8. The van der Waals surface area contributed by atoms with Crippen LogP contribution in [0.15, 0.2) is 65.5 Å². The van der Waals surface area contributed by atoms with E-state index in [-0.39, 0.29) is 18.3 Å². The molecule has 2 aliphatic carbocycles. The number of fused-ring (bicyclic) bond motifs is 1. The molecule has 0 aliphatic heterocycles. The Morgan fingerprint density at radius 1 is 0.878 bits per heavy atom. The van der Waals surface area contributed by atoms with E-state index >= 15 is 0 Å². The molecule has 0 aromatic heterocycles. The summed E-state index contributed by atoms with van der Waals surface area (Å²) in [7, 11) is 0. The number of rotatable bonds is 5. The quantitative estimate of drug-likeness (QED) is 0.239. The zero-order valence-electron chi connectivity index (χ0n) is 25.3. The largest absolute Gasteiger partial charge is 0.461 e. The molecule has 41 heavy (non-hydrogen) atoms. The first-order chi connectivity index (χ1) is 19.2. The second-order valence-electron chi connectivity index (χ2n) is 11.7. The maximum atomic E-state index is 13.2. The molecule has 0 bridgehead atoms. The molecule has 2 aliphatic rings. The Balaban J connectivity index is 2.21. The number of carbonyl (C=O) groups is 4. The highest BCUT2D eigenvalue weighted by Crippen LogP contribution is 2.45. The van der Waals surface area contributed by atoms with Crippen molar-refractivity contribution in [2.45, 2.75) is 86.5 Å². The predicted molar refractivity (Wildman–Crippen MR) is 153 cm³/mol. The Labute approximate surface area is 242 Å². The fraction of sp³-hybridized carbons (Fsp3) is 0.515. The summed E-state index contributed by atoms with van der Waals surface area (Å²) in [5.74, 6) is -2.15. The first-order valence-corrected chi connectivity index (χ1v) is 14.1. The van der Waals surface area contributed by atoms with Gasteiger partial charge in [-0.05, 0) is 42.5 Å². The lowest BCUT2D eigenvalue weighted by Crippen LogP contribution is -2.37. The monoisotopic (exact) mass is 566 g/mol. The van der Waals surface area contributed by atoms with Gasteiger partial charge >= 0.3 is 23.9 Å². The van der Waals surface area contributed by atoms with E-state index in [0.717, 1.165) is 5.57 Å². The lowest BCUT2D eigenvalue weighted by Gasteiger charge is -2.35. The van der Waals surface area contributed by atoms with Crippen LogP contribution in [0.25, 0.3) is 0 Å². The number of benzene rings is 1. The second kappa shape index (κ2) is 13.3. The SMILES string of the molecule is CC(=O)OC1=C2C[C@H](C)[C@H](OC(=O)c3ccccc3)[C@@H]2C=C(C)[C@H](OC(C)=O)C[C@@H](OC(C)=O)C(C)(C)C=C[C@@H]1C. The van der Waals surface area contributed by atoms with Crippen LogP contribution >= 0.6 is 0 Å². The van der Waals surface area contributed by atoms with E-state index in [4.69, 9.17) is 18.9 Å². The van der Waals surface area contributed by atoms with Gasteiger partial charge in [-0.25, -0.2) is 4.79 Å². The van der Waals surface area contributed by atoms with Gasteiger partial charge in [0.2, 0.25) is 0 Å². The number of hydrogen-bond donors (Lipinski definition) is 0. The van der Waals surface area contributed by atoms with Crippen molar-refractivity contribution in [2.75, 3.05) is 0 Å². The van der Waals surface area contributed by atoms with Crippen molar-refractivity contribution in [2.24, 2.45) is 23.2 Å². The van der Waals surface area contributed by atoms with E-state index in [1.54, 1.807) is 24.3 Å². The van der Waals surface area contributed by atoms with Gasteiger partial charge in [0, 0.05) is 44.4 Å². The smallest absolute Gasteiger partial charge is 0.338 e. The van der Waals surface area contributed by atoms with Crippen LogP contribution in [0.4, 0.5) is 0 Å². The number of allylic oxidation sites excluding steroid dienone is 1. The normalized spacial score (nSPS) is 27.9. The fourth-order valence-corrected chi connectivity index (χ4v) is 5.58. The van der Waals surface area contributed by atoms with Crippen molar-refractivity contribution in [3.05, 3.63) is 71.0 Å². The van der Waals surface area contributed by atoms with Crippen molar-refractivity contribution in [1.29, 1.82) is 0 Å². The zero-order valence-corrected chi connectivity index (χ0v) is 25.3. The molecule has 8 heteroatoms. The van der Waals surface area contributed by atoms with Gasteiger partial charge in [0.15, 0.2) is 0 Å². The van der Waals surface area contributed by atoms with Crippen LogP contribution in [0.2, 0.25) is 0 Å². The zero-order chi connectivity index (χ0) is 30.5. The van der Waals surface area contributed by atoms with Gasteiger partial charge in [-0.2, -0.15) is 0 Å². The number of ether oxygens (including phenoxy) is 4. The minimum Gasteiger partial charge on any atom is -0.461 e. The maximum absolute atomic E-state index is 13.2. The Morgan fingerprint density at radius 3 is 2.10 bits per heavy atom. The number of esters is 4. The summed E-state index contributed by atoms with van der Waals surface area (Å²) in [5, 5.41) is 0. The fourth-order valence-electron chi connectivity index (χ4n) is 5.58. The highest BCUT2D eigenvalue weighted by atomic mass is 16.6. The molecule has 0 heterocycles. The van der Waals surface area contributed by atoms with Crippen LogP contribution in [0, 0.1) is 23.2 Å². The average molecular weight is 567 g/mol. The molecular weight excluding hydrogens is 524 g/mol. The second-order valence-corrected chi connectivity index (χ2v) is 11.7. The highest BCUT2D eigenvalue weighted by molar-refractivity contribution is 5.89. The molecule has 0 amide bonds. The van der Waals surface area contributed by atoms with E-state index in [0.29, 0.717) is 23.3 Å². The average Bonchev–Trinajstić information content (AvgIpc) is 3.18. The van der Waals surface area contributed by atoms with Crippen molar-refractivity contribution in [3.63, 3.8) is 0 Å². The van der Waals surface area contributed by atoms with Crippen molar-refractivity contribution >= 4 is 23.9 Å². The third-order valence-corrected chi connectivity index (χ3v) is 7.73. The molecule has 0 unspecified atom stereocenters. The van der Waals surface area contributed by atoms with E-state index < -0.39 is 53.5 Å². The van der Waals surface area contributed by atoms with Crippen LogP contribution in [0.1, 0.15) is 78.6 Å². The molecular formula is C33H42O8. The van der Waals surface area contributed by atoms with Crippen molar-refractivity contribution < 1.29 is 38.1 Å². The van der Waals surface area contributed by atoms with Gasteiger partial charge in [-0.3, -0.25) is 14.4 Å². The lowest BCUT2D eigenvalue weighted by atomic mass is 9.80. The Morgan fingerprint density at radius 2 is 1.51 bits per heavy atom. The van der Waals surface area contributed by atoms with Crippen molar-refractivity contribution in [1.82, 2.24) is 0 Å². The van der Waals surface area contributed by atoms with E-state index in [1.807, 2.05) is 58.9 Å². The molecule has 0 N–H and O–H groups in total. The molecule has 222 valence electrons. The van der Waals surface area contributed by atoms with Crippen LogP contribution in [-0.2, 0) is 33.3 Å². The van der Waals surface area contributed by atoms with Gasteiger partial charge in [0.05, 0.1) is 5.56 Å². The summed E-state index contributed by atoms with van der Waals surface area (Å²) in [5.41, 5.74) is 1.36. The number of carbonyl (C=O) groups excluding carboxylic acids is 4. The summed E-state index contributed by atoms with van der Waals surface area (Å²) in [6.07, 6.45) is 4.71. The van der Waals surface area contributed by atoms with Crippen LogP contribution in [0.5, 0.6) is 0 Å². The van der Waals surface area contributed by atoms with Crippen LogP contribution < -0.4 is 0 Å². The Bertz CT molecular complexity index is 1240. The van der Waals surface area contributed by atoms with Crippen LogP contribution in [-0.4, -0.2) is 42.2 Å². The van der Waals surface area contributed by atoms with Gasteiger partial charge in [0.1, 0.15) is 24.1 Å². The summed E-state index contributed by atoms with van der Waals surface area (Å²) in [6.45, 7) is 13.7. The third kappa shape index (κ3) is 8.18. The first-order valence-electron chi connectivity index (χ1n) is 14.1. The van der Waals surface area contributed by atoms with E-state index in [1.165, 1.54) is 20.8 Å². The predicted octanol–water partition coefficient (Wildman–Crippen LogP) is 6.12. The summed E-state index contributed by atoms with van der Waals surface area (Å²) >= 11 is 0. The Hall–Kier alpha value is -3.68. The van der Waals surface area contributed by atoms with Crippen LogP contribution in [0.3, 0.4) is 0 Å². The maximum Gasteiger partial charge on any atom is 0.338 e. The van der Waals surface area contributed by atoms with Gasteiger partial charge in [0.25, 0.3) is 0 Å². The molecule has 8 nitrogen and oxygen atoms in total. The minimum atomic E-state index is -0.707. The lowest BCUT2D eigenvalue weighted by molar-refractivity contribution is -0.155. The molecule has 1 aromatic carbocycles. The molecule has 0 spiro atoms. The van der Waals surface area contributed by atoms with Crippen molar-refractivity contribution in [3.8, 4) is 0 Å². The minimum absolute atomic E-state index is 0.0870. The summed E-state index contributed by atoms with van der Waals surface area (Å²) < 4.78 is 23.5. The van der Waals surface area contributed by atoms with Gasteiger partial charge < -0.3 is 18.9 Å². The molecule has 3 rings (SSSR count). The molecule has 6 atom stereocenters. The standard InChI is InChI=1S/C33H42O8/c1-19-14-15-33(7,8)29(39-23(5)35)18-28(38-22(4)34)20(2)16-26-27(30(19)40-24(6)36)17-21(3)31(26)41-32(37)25-12-10-9-11-13-25/h9-16,19,21,26,28-29,31H,17-18H2,1-8H3/t19-,21-,26+,28+,29+,31-/m0/s1. The van der Waals surface area contributed by atoms with E-state index in [9.17, 15) is 19.2 Å². The third-order valence-electron chi connectivity index (χ3n) is 7.73.